The quantitative estimate of drug-likeness (QED) is 0.777. The molecule has 1 aromatic carbocycles. The van der Waals surface area contributed by atoms with Gasteiger partial charge in [0.15, 0.2) is 0 Å². The third kappa shape index (κ3) is 2.74. The minimum atomic E-state index is 0.00886. The van der Waals surface area contributed by atoms with Crippen molar-refractivity contribution in [3.63, 3.8) is 0 Å². The van der Waals surface area contributed by atoms with Crippen molar-refractivity contribution in [2.24, 2.45) is 0 Å². The highest BCUT2D eigenvalue weighted by atomic mass is 35.5. The molecule has 0 radical (unpaired) electrons. The van der Waals surface area contributed by atoms with Crippen LogP contribution in [0.5, 0.6) is 0 Å². The van der Waals surface area contributed by atoms with Crippen molar-refractivity contribution in [3.05, 3.63) is 57.9 Å². The number of rotatable bonds is 4. The average molecular weight is 276 g/mol. The fraction of sp³-hybridized carbons (Fsp3) is 0.312. The van der Waals surface area contributed by atoms with E-state index in [1.54, 1.807) is 4.57 Å². The van der Waals surface area contributed by atoms with E-state index in [-0.39, 0.29) is 11.4 Å². The van der Waals surface area contributed by atoms with Crippen LogP contribution in [0.15, 0.2) is 41.2 Å². The number of nitrogens with zero attached hydrogens (tertiary/aromatic N) is 1. The first-order chi connectivity index (χ1) is 9.21. The van der Waals surface area contributed by atoms with Gasteiger partial charge in [-0.25, -0.2) is 0 Å². The molecule has 3 heteroatoms. The Hall–Kier alpha value is -1.54. The molecule has 1 aromatic heterocycles. The molecule has 0 aliphatic carbocycles. The van der Waals surface area contributed by atoms with Gasteiger partial charge in [0, 0.05) is 12.1 Å². The molecule has 0 aliphatic rings. The third-order valence-electron chi connectivity index (χ3n) is 3.37. The van der Waals surface area contributed by atoms with Gasteiger partial charge in [-0.05, 0) is 30.5 Å². The highest BCUT2D eigenvalue weighted by molar-refractivity contribution is 6.17. The summed E-state index contributed by atoms with van der Waals surface area (Å²) < 4.78 is 1.78. The lowest BCUT2D eigenvalue weighted by Gasteiger charge is -2.12. The molecule has 0 fully saturated rings. The second kappa shape index (κ2) is 6.07. The standard InChI is InChI=1S/C16H18ClNO/c1-3-12-5-7-13(8-6-12)15-10-9-14(11-17)16(19)18(15)4-2/h5-10H,3-4,11H2,1-2H3. The molecule has 0 saturated heterocycles. The fourth-order valence-corrected chi connectivity index (χ4v) is 2.41. The Morgan fingerprint density at radius 1 is 1.05 bits per heavy atom. The number of halogens is 1. The van der Waals surface area contributed by atoms with Gasteiger partial charge < -0.3 is 4.57 Å². The van der Waals surface area contributed by atoms with Crippen molar-refractivity contribution in [2.75, 3.05) is 0 Å². The molecule has 0 amide bonds. The summed E-state index contributed by atoms with van der Waals surface area (Å²) in [7, 11) is 0. The molecule has 0 unspecified atom stereocenters. The molecule has 0 spiro atoms. The molecule has 2 nitrogen and oxygen atoms in total. The lowest BCUT2D eigenvalue weighted by atomic mass is 10.1. The molecule has 0 bridgehead atoms. The van der Waals surface area contributed by atoms with Crippen molar-refractivity contribution >= 4 is 11.6 Å². The largest absolute Gasteiger partial charge is 0.308 e. The monoisotopic (exact) mass is 275 g/mol. The second-order valence-electron chi connectivity index (χ2n) is 4.48. The van der Waals surface area contributed by atoms with Crippen LogP contribution in [0.4, 0.5) is 0 Å². The molecule has 1 heterocycles. The zero-order chi connectivity index (χ0) is 13.8. The Morgan fingerprint density at radius 3 is 2.26 bits per heavy atom. The number of hydrogen-bond acceptors (Lipinski definition) is 1. The first-order valence-corrected chi connectivity index (χ1v) is 7.12. The van der Waals surface area contributed by atoms with Crippen molar-refractivity contribution in [1.29, 1.82) is 0 Å². The topological polar surface area (TPSA) is 22.0 Å². The van der Waals surface area contributed by atoms with Gasteiger partial charge in [-0.3, -0.25) is 4.79 Å². The smallest absolute Gasteiger partial charge is 0.255 e. The Labute approximate surface area is 118 Å². The van der Waals surface area contributed by atoms with Gasteiger partial charge in [0.1, 0.15) is 0 Å². The summed E-state index contributed by atoms with van der Waals surface area (Å²) in [4.78, 5) is 12.2. The molecule has 2 rings (SSSR count). The SMILES string of the molecule is CCc1ccc(-c2ccc(CCl)c(=O)n2CC)cc1. The van der Waals surface area contributed by atoms with Crippen LogP contribution in [0.2, 0.25) is 0 Å². The molecule has 2 aromatic rings. The van der Waals surface area contributed by atoms with Gasteiger partial charge in [0.25, 0.3) is 5.56 Å². The van der Waals surface area contributed by atoms with E-state index in [4.69, 9.17) is 11.6 Å². The van der Waals surface area contributed by atoms with Crippen LogP contribution in [0.3, 0.4) is 0 Å². The van der Waals surface area contributed by atoms with E-state index in [0.717, 1.165) is 17.7 Å². The molecule has 0 atom stereocenters. The number of aryl methyl sites for hydroxylation is 1. The van der Waals surface area contributed by atoms with Gasteiger partial charge in [-0.15, -0.1) is 11.6 Å². The van der Waals surface area contributed by atoms with Crippen LogP contribution in [0, 0.1) is 0 Å². The highest BCUT2D eigenvalue weighted by Gasteiger charge is 2.08. The number of benzene rings is 1. The lowest BCUT2D eigenvalue weighted by molar-refractivity contribution is 0.728. The van der Waals surface area contributed by atoms with Crippen molar-refractivity contribution in [2.45, 2.75) is 32.7 Å². The first kappa shape index (κ1) is 13.9. The van der Waals surface area contributed by atoms with E-state index in [2.05, 4.69) is 31.2 Å². The Kier molecular flexibility index (Phi) is 4.43. The van der Waals surface area contributed by atoms with E-state index in [1.165, 1.54) is 5.56 Å². The Morgan fingerprint density at radius 2 is 1.74 bits per heavy atom. The minimum absolute atomic E-state index is 0.00886. The summed E-state index contributed by atoms with van der Waals surface area (Å²) in [5.41, 5.74) is 3.97. The Balaban J connectivity index is 2.55. The summed E-state index contributed by atoms with van der Waals surface area (Å²) in [6.45, 7) is 4.75. The van der Waals surface area contributed by atoms with E-state index in [9.17, 15) is 4.79 Å². The molecule has 0 N–H and O–H groups in total. The lowest BCUT2D eigenvalue weighted by Crippen LogP contribution is -2.23. The van der Waals surface area contributed by atoms with E-state index >= 15 is 0 Å². The maximum Gasteiger partial charge on any atom is 0.255 e. The zero-order valence-electron chi connectivity index (χ0n) is 11.3. The fourth-order valence-electron chi connectivity index (χ4n) is 2.20. The zero-order valence-corrected chi connectivity index (χ0v) is 12.1. The van der Waals surface area contributed by atoms with E-state index in [1.807, 2.05) is 19.1 Å². The summed E-state index contributed by atoms with van der Waals surface area (Å²) in [5.74, 6) is 0.258. The van der Waals surface area contributed by atoms with Gasteiger partial charge in [0.05, 0.1) is 11.6 Å². The summed E-state index contributed by atoms with van der Waals surface area (Å²) >= 11 is 5.79. The minimum Gasteiger partial charge on any atom is -0.308 e. The van der Waals surface area contributed by atoms with Crippen molar-refractivity contribution in [1.82, 2.24) is 4.57 Å². The molecule has 0 aliphatic heterocycles. The first-order valence-electron chi connectivity index (χ1n) is 6.59. The molecular formula is C16H18ClNO. The maximum absolute atomic E-state index is 12.2. The van der Waals surface area contributed by atoms with Crippen LogP contribution in [-0.2, 0) is 18.8 Å². The molecule has 19 heavy (non-hydrogen) atoms. The van der Waals surface area contributed by atoms with Crippen molar-refractivity contribution < 1.29 is 0 Å². The van der Waals surface area contributed by atoms with Crippen LogP contribution in [0.25, 0.3) is 11.3 Å². The summed E-state index contributed by atoms with van der Waals surface area (Å²) in [6, 6.07) is 12.2. The van der Waals surface area contributed by atoms with Gasteiger partial charge in [-0.1, -0.05) is 37.3 Å². The van der Waals surface area contributed by atoms with Gasteiger partial charge in [-0.2, -0.15) is 0 Å². The van der Waals surface area contributed by atoms with Crippen LogP contribution >= 0.6 is 11.6 Å². The normalized spacial score (nSPS) is 10.7. The van der Waals surface area contributed by atoms with Crippen LogP contribution in [-0.4, -0.2) is 4.57 Å². The van der Waals surface area contributed by atoms with Crippen LogP contribution < -0.4 is 5.56 Å². The number of alkyl halides is 1. The van der Waals surface area contributed by atoms with Gasteiger partial charge in [0.2, 0.25) is 0 Å². The Bertz CT molecular complexity index is 614. The van der Waals surface area contributed by atoms with E-state index in [0.29, 0.717) is 12.1 Å². The van der Waals surface area contributed by atoms with Gasteiger partial charge >= 0.3 is 0 Å². The summed E-state index contributed by atoms with van der Waals surface area (Å²) in [6.07, 6.45) is 1.02. The van der Waals surface area contributed by atoms with Crippen LogP contribution in [0.1, 0.15) is 25.0 Å². The summed E-state index contributed by atoms with van der Waals surface area (Å²) in [5, 5.41) is 0. The highest BCUT2D eigenvalue weighted by Crippen LogP contribution is 2.19. The second-order valence-corrected chi connectivity index (χ2v) is 4.74. The molecule has 100 valence electrons. The predicted octanol–water partition coefficient (Wildman–Crippen LogP) is 3.84. The molecular weight excluding hydrogens is 258 g/mol. The van der Waals surface area contributed by atoms with E-state index < -0.39 is 0 Å². The predicted molar refractivity (Wildman–Crippen MR) is 80.7 cm³/mol. The number of pyridine rings is 1. The molecule has 0 saturated carbocycles. The number of hydrogen-bond donors (Lipinski definition) is 0. The average Bonchev–Trinajstić information content (AvgIpc) is 2.47. The van der Waals surface area contributed by atoms with Crippen molar-refractivity contribution in [3.8, 4) is 11.3 Å². The maximum atomic E-state index is 12.2. The third-order valence-corrected chi connectivity index (χ3v) is 3.66. The number of aromatic nitrogens is 1.